The molecule has 116 valence electrons. The molecule has 0 saturated carbocycles. The average Bonchev–Trinajstić information content (AvgIpc) is 2.53. The first-order valence-electron chi connectivity index (χ1n) is 7.74. The Bertz CT molecular complexity index is 465. The number of hydrogen-bond acceptors (Lipinski definition) is 3. The number of piperidine rings is 1. The van der Waals surface area contributed by atoms with E-state index < -0.39 is 11.5 Å². The maximum Gasteiger partial charge on any atom is 0.305 e. The van der Waals surface area contributed by atoms with Crippen LogP contribution in [0.1, 0.15) is 44.6 Å². The van der Waals surface area contributed by atoms with E-state index >= 15 is 0 Å². The molecule has 0 bridgehead atoms. The van der Waals surface area contributed by atoms with Crippen LogP contribution in [0.25, 0.3) is 0 Å². The molecule has 4 nitrogen and oxygen atoms in total. The van der Waals surface area contributed by atoms with Crippen LogP contribution in [0.4, 0.5) is 0 Å². The summed E-state index contributed by atoms with van der Waals surface area (Å²) >= 11 is 0. The van der Waals surface area contributed by atoms with E-state index in [0.29, 0.717) is 0 Å². The molecule has 4 heteroatoms. The molecule has 1 N–H and O–H groups in total. The number of carbonyl (C=O) groups is 1. The molecule has 1 aromatic rings. The lowest BCUT2D eigenvalue weighted by molar-refractivity contribution is -0.141. The number of likely N-dealkylation sites (tertiary alicyclic amines) is 1. The van der Waals surface area contributed by atoms with Gasteiger partial charge in [-0.3, -0.25) is 9.69 Å². The summed E-state index contributed by atoms with van der Waals surface area (Å²) in [5.41, 5.74) is 0.675. The number of ether oxygens (including phenoxy) is 1. The van der Waals surface area contributed by atoms with Crippen LogP contribution in [0.2, 0.25) is 0 Å². The summed E-state index contributed by atoms with van der Waals surface area (Å²) in [5.74, 6) is 0.0657. The van der Waals surface area contributed by atoms with Gasteiger partial charge in [0.15, 0.2) is 0 Å². The standard InChI is InChI=1S/C17H25NO3/c1-3-17(13-16(19)20,18-11-5-4-6-12-18)14-7-9-15(21-2)10-8-14/h7-10H,3-6,11-13H2,1-2H3,(H,19,20). The Kier molecular flexibility index (Phi) is 5.23. The van der Waals surface area contributed by atoms with Crippen LogP contribution < -0.4 is 4.74 Å². The number of benzene rings is 1. The van der Waals surface area contributed by atoms with Gasteiger partial charge in [0.2, 0.25) is 0 Å². The average molecular weight is 291 g/mol. The van der Waals surface area contributed by atoms with Crippen LogP contribution in [0.5, 0.6) is 5.75 Å². The van der Waals surface area contributed by atoms with Crippen LogP contribution in [-0.4, -0.2) is 36.2 Å². The van der Waals surface area contributed by atoms with Crippen molar-refractivity contribution in [3.8, 4) is 5.75 Å². The second-order valence-corrected chi connectivity index (χ2v) is 5.73. The lowest BCUT2D eigenvalue weighted by Gasteiger charge is -2.45. The largest absolute Gasteiger partial charge is 0.497 e. The van der Waals surface area contributed by atoms with Crippen molar-refractivity contribution in [3.05, 3.63) is 29.8 Å². The quantitative estimate of drug-likeness (QED) is 0.874. The highest BCUT2D eigenvalue weighted by Gasteiger charge is 2.39. The molecule has 0 radical (unpaired) electrons. The van der Waals surface area contributed by atoms with Crippen molar-refractivity contribution < 1.29 is 14.6 Å². The number of carboxylic acids is 1. The van der Waals surface area contributed by atoms with Crippen LogP contribution in [0.15, 0.2) is 24.3 Å². The second kappa shape index (κ2) is 6.94. The van der Waals surface area contributed by atoms with Gasteiger partial charge in [0.05, 0.1) is 19.1 Å². The summed E-state index contributed by atoms with van der Waals surface area (Å²) in [4.78, 5) is 13.8. The van der Waals surface area contributed by atoms with Gasteiger partial charge in [-0.25, -0.2) is 0 Å². The zero-order valence-corrected chi connectivity index (χ0v) is 13.0. The summed E-state index contributed by atoms with van der Waals surface area (Å²) in [6.45, 7) is 4.04. The summed E-state index contributed by atoms with van der Waals surface area (Å²) < 4.78 is 5.21. The fourth-order valence-corrected chi connectivity index (χ4v) is 3.42. The van der Waals surface area contributed by atoms with Crippen molar-refractivity contribution >= 4 is 5.97 Å². The molecule has 1 unspecified atom stereocenters. The van der Waals surface area contributed by atoms with Crippen molar-refractivity contribution in [3.63, 3.8) is 0 Å². The first-order valence-corrected chi connectivity index (χ1v) is 7.74. The van der Waals surface area contributed by atoms with Gasteiger partial charge in [0.25, 0.3) is 0 Å². The molecule has 1 aliphatic heterocycles. The lowest BCUT2D eigenvalue weighted by Crippen LogP contribution is -2.49. The Labute approximate surface area is 126 Å². The third-order valence-corrected chi connectivity index (χ3v) is 4.62. The number of aliphatic carboxylic acids is 1. The monoisotopic (exact) mass is 291 g/mol. The van der Waals surface area contributed by atoms with Gasteiger partial charge in [-0.05, 0) is 50.0 Å². The molecule has 2 rings (SSSR count). The molecule has 1 aliphatic rings. The molecule has 0 spiro atoms. The third kappa shape index (κ3) is 3.38. The zero-order valence-electron chi connectivity index (χ0n) is 13.0. The minimum absolute atomic E-state index is 0.149. The summed E-state index contributed by atoms with van der Waals surface area (Å²) in [7, 11) is 1.64. The van der Waals surface area contributed by atoms with E-state index in [1.54, 1.807) is 7.11 Å². The number of hydrogen-bond donors (Lipinski definition) is 1. The van der Waals surface area contributed by atoms with Gasteiger partial charge < -0.3 is 9.84 Å². The Morgan fingerprint density at radius 1 is 1.24 bits per heavy atom. The van der Waals surface area contributed by atoms with E-state index in [1.807, 2.05) is 24.3 Å². The normalized spacial score (nSPS) is 19.0. The Morgan fingerprint density at radius 3 is 2.33 bits per heavy atom. The highest BCUT2D eigenvalue weighted by molar-refractivity contribution is 5.69. The van der Waals surface area contributed by atoms with Crippen molar-refractivity contribution in [1.29, 1.82) is 0 Å². The number of rotatable bonds is 6. The number of carboxylic acid groups (broad SMARTS) is 1. The highest BCUT2D eigenvalue weighted by Crippen LogP contribution is 2.38. The predicted molar refractivity (Wildman–Crippen MR) is 82.6 cm³/mol. The van der Waals surface area contributed by atoms with Crippen molar-refractivity contribution in [2.75, 3.05) is 20.2 Å². The second-order valence-electron chi connectivity index (χ2n) is 5.73. The van der Waals surface area contributed by atoms with Crippen molar-refractivity contribution in [1.82, 2.24) is 4.90 Å². The van der Waals surface area contributed by atoms with Gasteiger partial charge in [0, 0.05) is 0 Å². The van der Waals surface area contributed by atoms with E-state index in [9.17, 15) is 9.90 Å². The first-order chi connectivity index (χ1) is 10.1. The lowest BCUT2D eigenvalue weighted by atomic mass is 9.81. The SMILES string of the molecule is CCC(CC(=O)O)(c1ccc(OC)cc1)N1CCCCC1. The zero-order chi connectivity index (χ0) is 15.3. The molecule has 1 heterocycles. The van der Waals surface area contributed by atoms with Crippen LogP contribution in [-0.2, 0) is 10.3 Å². The van der Waals surface area contributed by atoms with Crippen LogP contribution in [0, 0.1) is 0 Å². The predicted octanol–water partition coefficient (Wildman–Crippen LogP) is 3.26. The minimum atomic E-state index is -0.738. The van der Waals surface area contributed by atoms with Crippen molar-refractivity contribution in [2.24, 2.45) is 0 Å². The topological polar surface area (TPSA) is 49.8 Å². The van der Waals surface area contributed by atoms with E-state index in [1.165, 1.54) is 6.42 Å². The molecule has 21 heavy (non-hydrogen) atoms. The van der Waals surface area contributed by atoms with Gasteiger partial charge >= 0.3 is 5.97 Å². The fourth-order valence-electron chi connectivity index (χ4n) is 3.42. The van der Waals surface area contributed by atoms with E-state index in [4.69, 9.17) is 4.74 Å². The minimum Gasteiger partial charge on any atom is -0.497 e. The van der Waals surface area contributed by atoms with Gasteiger partial charge in [-0.2, -0.15) is 0 Å². The molecule has 1 fully saturated rings. The summed E-state index contributed by atoms with van der Waals surface area (Å²) in [5, 5.41) is 9.42. The number of nitrogens with zero attached hydrogens (tertiary/aromatic N) is 1. The van der Waals surface area contributed by atoms with Crippen molar-refractivity contribution in [2.45, 2.75) is 44.6 Å². The Hall–Kier alpha value is -1.55. The van der Waals surface area contributed by atoms with Gasteiger partial charge in [0.1, 0.15) is 5.75 Å². The maximum atomic E-state index is 11.5. The molecule has 0 amide bonds. The van der Waals surface area contributed by atoms with Crippen LogP contribution in [0.3, 0.4) is 0 Å². The molecule has 1 saturated heterocycles. The molecule has 0 aliphatic carbocycles. The molecule has 1 aromatic carbocycles. The first kappa shape index (κ1) is 15.8. The summed E-state index contributed by atoms with van der Waals surface area (Å²) in [6, 6.07) is 7.87. The maximum absolute atomic E-state index is 11.5. The number of methoxy groups -OCH3 is 1. The van der Waals surface area contributed by atoms with E-state index in [-0.39, 0.29) is 6.42 Å². The Morgan fingerprint density at radius 2 is 1.86 bits per heavy atom. The third-order valence-electron chi connectivity index (χ3n) is 4.62. The van der Waals surface area contributed by atoms with E-state index in [2.05, 4.69) is 11.8 Å². The molecule has 1 atom stereocenters. The molecular weight excluding hydrogens is 266 g/mol. The van der Waals surface area contributed by atoms with Gasteiger partial charge in [-0.1, -0.05) is 25.5 Å². The summed E-state index contributed by atoms with van der Waals surface area (Å²) in [6.07, 6.45) is 4.49. The Balaban J connectivity index is 2.38. The smallest absolute Gasteiger partial charge is 0.305 e. The van der Waals surface area contributed by atoms with Gasteiger partial charge in [-0.15, -0.1) is 0 Å². The van der Waals surface area contributed by atoms with E-state index in [0.717, 1.165) is 43.7 Å². The molecule has 0 aromatic heterocycles. The molecular formula is C17H25NO3. The van der Waals surface area contributed by atoms with Crippen LogP contribution >= 0.6 is 0 Å². The highest BCUT2D eigenvalue weighted by atomic mass is 16.5. The fraction of sp³-hybridized carbons (Fsp3) is 0.588.